The minimum Gasteiger partial charge on any atom is -0.481 e. The Kier molecular flexibility index (Phi) is 3.42. The van der Waals surface area contributed by atoms with Crippen molar-refractivity contribution in [1.82, 2.24) is 0 Å². The number of benzene rings is 1. The molecule has 0 spiro atoms. The predicted molar refractivity (Wildman–Crippen MR) is 74.4 cm³/mol. The topological polar surface area (TPSA) is 113 Å². The number of carboxylic acids is 2. The lowest BCUT2D eigenvalue weighted by Gasteiger charge is -2.21. The summed E-state index contributed by atoms with van der Waals surface area (Å²) >= 11 is 0. The van der Waals surface area contributed by atoms with Crippen LogP contribution in [0.4, 0.5) is 5.69 Å². The van der Waals surface area contributed by atoms with Crippen LogP contribution >= 0.6 is 0 Å². The Morgan fingerprint density at radius 3 is 2.36 bits per heavy atom. The molecule has 7 nitrogen and oxygen atoms in total. The summed E-state index contributed by atoms with van der Waals surface area (Å²) in [6.07, 6.45) is 2.18. The van der Waals surface area contributed by atoms with E-state index < -0.39 is 41.9 Å². The van der Waals surface area contributed by atoms with Gasteiger partial charge < -0.3 is 20.3 Å². The smallest absolute Gasteiger partial charge is 0.335 e. The van der Waals surface area contributed by atoms with Gasteiger partial charge in [-0.2, -0.15) is 0 Å². The quantitative estimate of drug-likeness (QED) is 0.715. The van der Waals surface area contributed by atoms with Crippen molar-refractivity contribution < 1.29 is 29.3 Å². The number of aromatic carboxylic acids is 1. The Hall–Kier alpha value is -2.67. The number of amides is 1. The van der Waals surface area contributed by atoms with E-state index in [1.165, 1.54) is 18.2 Å². The second kappa shape index (κ2) is 5.27. The van der Waals surface area contributed by atoms with E-state index in [4.69, 9.17) is 9.84 Å². The SMILES string of the molecule is O=C(O)c1cccc(NC(=O)[C@@H]2[C@H](C(=O)O)[C@H]3C=C[C@H]2O3)c1. The Morgan fingerprint density at radius 1 is 1.05 bits per heavy atom. The molecule has 4 atom stereocenters. The second-order valence-electron chi connectivity index (χ2n) is 5.22. The predicted octanol–water partition coefficient (Wildman–Crippen LogP) is 0.977. The molecule has 3 rings (SSSR count). The molecule has 2 bridgehead atoms. The van der Waals surface area contributed by atoms with Gasteiger partial charge in [0.1, 0.15) is 5.92 Å². The highest BCUT2D eigenvalue weighted by molar-refractivity contribution is 5.98. The molecule has 1 aromatic carbocycles. The minimum absolute atomic E-state index is 0.0386. The van der Waals surface area contributed by atoms with E-state index >= 15 is 0 Å². The van der Waals surface area contributed by atoms with Crippen LogP contribution in [0.15, 0.2) is 36.4 Å². The van der Waals surface area contributed by atoms with Crippen molar-refractivity contribution in [2.75, 3.05) is 5.32 Å². The standard InChI is InChI=1S/C15H13NO6/c17-13(16-8-3-1-2-7(6-8)14(18)19)11-9-4-5-10(22-9)12(11)15(20)21/h1-6,9-12H,(H,16,17)(H,18,19)(H,20,21)/t9-,10-,11+,12-/m1/s1. The van der Waals surface area contributed by atoms with E-state index in [9.17, 15) is 19.5 Å². The molecule has 1 amide bonds. The van der Waals surface area contributed by atoms with E-state index in [2.05, 4.69) is 5.32 Å². The zero-order valence-corrected chi connectivity index (χ0v) is 11.3. The average molecular weight is 303 g/mol. The highest BCUT2D eigenvalue weighted by Gasteiger charge is 2.53. The molecule has 2 heterocycles. The zero-order valence-electron chi connectivity index (χ0n) is 11.3. The summed E-state index contributed by atoms with van der Waals surface area (Å²) in [5, 5.41) is 20.8. The molecule has 2 aliphatic heterocycles. The number of carbonyl (C=O) groups excluding carboxylic acids is 1. The number of fused-ring (bicyclic) bond motifs is 2. The maximum absolute atomic E-state index is 12.4. The lowest BCUT2D eigenvalue weighted by molar-refractivity contribution is -0.145. The number of carbonyl (C=O) groups is 3. The first-order valence-corrected chi connectivity index (χ1v) is 6.68. The highest BCUT2D eigenvalue weighted by Crippen LogP contribution is 2.39. The van der Waals surface area contributed by atoms with Crippen LogP contribution in [0.1, 0.15) is 10.4 Å². The van der Waals surface area contributed by atoms with Gasteiger partial charge in [-0.05, 0) is 18.2 Å². The van der Waals surface area contributed by atoms with Gasteiger partial charge in [-0.15, -0.1) is 0 Å². The molecule has 2 aliphatic rings. The van der Waals surface area contributed by atoms with Gasteiger partial charge in [-0.25, -0.2) is 4.79 Å². The fraction of sp³-hybridized carbons (Fsp3) is 0.267. The maximum Gasteiger partial charge on any atom is 0.335 e. The van der Waals surface area contributed by atoms with E-state index in [-0.39, 0.29) is 5.56 Å². The summed E-state index contributed by atoms with van der Waals surface area (Å²) < 4.78 is 5.43. The van der Waals surface area contributed by atoms with E-state index in [1.807, 2.05) is 0 Å². The fourth-order valence-electron chi connectivity index (χ4n) is 2.87. The molecule has 22 heavy (non-hydrogen) atoms. The molecule has 0 radical (unpaired) electrons. The molecule has 0 aromatic heterocycles. The Bertz CT molecular complexity index is 682. The van der Waals surface area contributed by atoms with Crippen LogP contribution in [-0.4, -0.2) is 40.3 Å². The van der Waals surface area contributed by atoms with Crippen molar-refractivity contribution in [1.29, 1.82) is 0 Å². The summed E-state index contributed by atoms with van der Waals surface area (Å²) in [5.41, 5.74) is 0.345. The van der Waals surface area contributed by atoms with Crippen molar-refractivity contribution in [3.05, 3.63) is 42.0 Å². The minimum atomic E-state index is -1.11. The lowest BCUT2D eigenvalue weighted by Crippen LogP contribution is -2.39. The molecule has 1 aromatic rings. The molecular weight excluding hydrogens is 290 g/mol. The maximum atomic E-state index is 12.4. The van der Waals surface area contributed by atoms with Crippen molar-refractivity contribution in [3.8, 4) is 0 Å². The number of ether oxygens (including phenoxy) is 1. The van der Waals surface area contributed by atoms with E-state index in [1.54, 1.807) is 18.2 Å². The Morgan fingerprint density at radius 2 is 1.73 bits per heavy atom. The summed E-state index contributed by atoms with van der Waals surface area (Å²) in [7, 11) is 0. The van der Waals surface area contributed by atoms with Crippen LogP contribution in [0, 0.1) is 11.8 Å². The summed E-state index contributed by atoms with van der Waals surface area (Å²) in [6.45, 7) is 0. The first kappa shape index (κ1) is 14.3. The molecule has 114 valence electrons. The molecule has 7 heteroatoms. The average Bonchev–Trinajstić information content (AvgIpc) is 3.07. The van der Waals surface area contributed by atoms with Gasteiger partial charge in [0.05, 0.1) is 23.7 Å². The Balaban J connectivity index is 1.80. The van der Waals surface area contributed by atoms with Gasteiger partial charge in [0.2, 0.25) is 5.91 Å². The summed E-state index contributed by atoms with van der Waals surface area (Å²) in [5.74, 6) is -4.45. The Labute approximate surface area is 125 Å². The molecule has 1 fully saturated rings. The molecule has 3 N–H and O–H groups in total. The number of anilines is 1. The highest BCUT2D eigenvalue weighted by atomic mass is 16.5. The normalized spacial score (nSPS) is 28.5. The van der Waals surface area contributed by atoms with Crippen LogP contribution < -0.4 is 5.32 Å². The molecule has 0 aliphatic carbocycles. The van der Waals surface area contributed by atoms with Crippen molar-refractivity contribution in [2.45, 2.75) is 12.2 Å². The van der Waals surface area contributed by atoms with Crippen molar-refractivity contribution in [3.63, 3.8) is 0 Å². The first-order chi connectivity index (χ1) is 10.5. The molecule has 0 unspecified atom stereocenters. The summed E-state index contributed by atoms with van der Waals surface area (Å²) in [6, 6.07) is 5.77. The number of hydrogen-bond acceptors (Lipinski definition) is 4. The number of hydrogen-bond donors (Lipinski definition) is 3. The fourth-order valence-corrected chi connectivity index (χ4v) is 2.87. The molecule has 1 saturated heterocycles. The monoisotopic (exact) mass is 303 g/mol. The number of rotatable bonds is 4. The van der Waals surface area contributed by atoms with Gasteiger partial charge in [0, 0.05) is 5.69 Å². The van der Waals surface area contributed by atoms with Crippen LogP contribution in [-0.2, 0) is 14.3 Å². The largest absolute Gasteiger partial charge is 0.481 e. The van der Waals surface area contributed by atoms with Gasteiger partial charge in [0.15, 0.2) is 0 Å². The summed E-state index contributed by atoms with van der Waals surface area (Å²) in [4.78, 5) is 34.6. The van der Waals surface area contributed by atoms with Gasteiger partial charge in [-0.3, -0.25) is 9.59 Å². The van der Waals surface area contributed by atoms with Gasteiger partial charge in [-0.1, -0.05) is 18.2 Å². The third-order valence-corrected chi connectivity index (χ3v) is 3.86. The van der Waals surface area contributed by atoms with Gasteiger partial charge >= 0.3 is 11.9 Å². The van der Waals surface area contributed by atoms with Crippen LogP contribution in [0.3, 0.4) is 0 Å². The molecular formula is C15H13NO6. The zero-order chi connectivity index (χ0) is 15.9. The molecule has 0 saturated carbocycles. The number of carboxylic acid groups (broad SMARTS) is 2. The lowest BCUT2D eigenvalue weighted by atomic mass is 9.82. The number of aliphatic carboxylic acids is 1. The third-order valence-electron chi connectivity index (χ3n) is 3.86. The second-order valence-corrected chi connectivity index (χ2v) is 5.22. The van der Waals surface area contributed by atoms with Crippen LogP contribution in [0.5, 0.6) is 0 Å². The number of nitrogens with one attached hydrogen (secondary N) is 1. The first-order valence-electron chi connectivity index (χ1n) is 6.68. The van der Waals surface area contributed by atoms with Crippen molar-refractivity contribution >= 4 is 23.5 Å². The van der Waals surface area contributed by atoms with E-state index in [0.29, 0.717) is 5.69 Å². The van der Waals surface area contributed by atoms with Crippen LogP contribution in [0.2, 0.25) is 0 Å². The van der Waals surface area contributed by atoms with Crippen molar-refractivity contribution in [2.24, 2.45) is 11.8 Å². The van der Waals surface area contributed by atoms with E-state index in [0.717, 1.165) is 0 Å². The third kappa shape index (κ3) is 2.35. The van der Waals surface area contributed by atoms with Gasteiger partial charge in [0.25, 0.3) is 0 Å². The van der Waals surface area contributed by atoms with Crippen LogP contribution in [0.25, 0.3) is 0 Å².